The van der Waals surface area contributed by atoms with Crippen LogP contribution in [-0.4, -0.2) is 44.3 Å². The minimum atomic E-state index is -0.977. The fourth-order valence-electron chi connectivity index (χ4n) is 2.98. The predicted molar refractivity (Wildman–Crippen MR) is 72.2 cm³/mol. The van der Waals surface area contributed by atoms with Gasteiger partial charge in [-0.05, 0) is 32.1 Å². The fraction of sp³-hybridized carbons (Fsp3) is 0.714. The molecule has 22 heavy (non-hydrogen) atoms. The van der Waals surface area contributed by atoms with Gasteiger partial charge >= 0.3 is 23.9 Å². The Kier molecular flexibility index (Phi) is 6.33. The van der Waals surface area contributed by atoms with E-state index in [1.54, 1.807) is 0 Å². The fourth-order valence-corrected chi connectivity index (χ4v) is 2.98. The molecule has 0 radical (unpaired) electrons. The molecular formula is C14H20O8. The van der Waals surface area contributed by atoms with Crippen LogP contribution in [0.25, 0.3) is 0 Å². The summed E-state index contributed by atoms with van der Waals surface area (Å²) in [7, 11) is 0. The monoisotopic (exact) mass is 316 g/mol. The minimum absolute atomic E-state index is 0.296. The van der Waals surface area contributed by atoms with E-state index in [0.29, 0.717) is 38.5 Å². The van der Waals surface area contributed by atoms with Gasteiger partial charge < -0.3 is 20.4 Å². The van der Waals surface area contributed by atoms with Gasteiger partial charge in [0.05, 0.1) is 23.7 Å². The van der Waals surface area contributed by atoms with E-state index in [0.717, 1.165) is 0 Å². The molecule has 2 rings (SSSR count). The van der Waals surface area contributed by atoms with Gasteiger partial charge in [0.2, 0.25) is 0 Å². The average molecular weight is 316 g/mol. The van der Waals surface area contributed by atoms with Crippen molar-refractivity contribution in [3.05, 3.63) is 0 Å². The molecule has 0 bridgehead atoms. The summed E-state index contributed by atoms with van der Waals surface area (Å²) < 4.78 is 0. The van der Waals surface area contributed by atoms with Crippen LogP contribution >= 0.6 is 0 Å². The van der Waals surface area contributed by atoms with E-state index in [2.05, 4.69) is 0 Å². The molecule has 4 atom stereocenters. The maximum atomic E-state index is 10.5. The Morgan fingerprint density at radius 2 is 0.955 bits per heavy atom. The Morgan fingerprint density at radius 3 is 1.18 bits per heavy atom. The first-order chi connectivity index (χ1) is 10.2. The normalized spacial score (nSPS) is 30.2. The first kappa shape index (κ1) is 17.9. The van der Waals surface area contributed by atoms with E-state index < -0.39 is 47.5 Å². The van der Waals surface area contributed by atoms with Crippen LogP contribution < -0.4 is 0 Å². The zero-order valence-corrected chi connectivity index (χ0v) is 12.0. The molecule has 0 aromatic rings. The van der Waals surface area contributed by atoms with Gasteiger partial charge in [0, 0.05) is 0 Å². The quantitative estimate of drug-likeness (QED) is 0.603. The van der Waals surface area contributed by atoms with Crippen LogP contribution in [0.3, 0.4) is 0 Å². The Morgan fingerprint density at radius 1 is 0.591 bits per heavy atom. The Balaban J connectivity index is 0.000000220. The number of aliphatic carboxylic acids is 4. The van der Waals surface area contributed by atoms with Crippen LogP contribution in [0.4, 0.5) is 0 Å². The SMILES string of the molecule is O=C(O)C1CCC(C(=O)O)C1.O=C(O)C1CCCC1C(=O)O. The van der Waals surface area contributed by atoms with Gasteiger partial charge in [-0.1, -0.05) is 6.42 Å². The molecule has 0 aromatic carbocycles. The van der Waals surface area contributed by atoms with Gasteiger partial charge in [-0.15, -0.1) is 0 Å². The molecule has 8 heteroatoms. The van der Waals surface area contributed by atoms with Gasteiger partial charge in [0.1, 0.15) is 0 Å². The molecule has 2 aliphatic rings. The molecule has 4 N–H and O–H groups in total. The molecule has 0 aromatic heterocycles. The van der Waals surface area contributed by atoms with E-state index in [-0.39, 0.29) is 0 Å². The van der Waals surface area contributed by atoms with E-state index in [4.69, 9.17) is 20.4 Å². The lowest BCUT2D eigenvalue weighted by Gasteiger charge is -2.09. The van der Waals surface area contributed by atoms with E-state index in [9.17, 15) is 19.2 Å². The lowest BCUT2D eigenvalue weighted by Crippen LogP contribution is -2.24. The summed E-state index contributed by atoms with van der Waals surface area (Å²) in [6.45, 7) is 0. The number of carboxylic acid groups (broad SMARTS) is 4. The van der Waals surface area contributed by atoms with Crippen molar-refractivity contribution >= 4 is 23.9 Å². The molecule has 2 fully saturated rings. The van der Waals surface area contributed by atoms with Crippen molar-refractivity contribution in [1.82, 2.24) is 0 Å². The summed E-state index contributed by atoms with van der Waals surface area (Å²) >= 11 is 0. The van der Waals surface area contributed by atoms with Crippen molar-refractivity contribution in [2.75, 3.05) is 0 Å². The average Bonchev–Trinajstić information content (AvgIpc) is 3.09. The Hall–Kier alpha value is -2.12. The van der Waals surface area contributed by atoms with Gasteiger partial charge in [-0.2, -0.15) is 0 Å². The number of rotatable bonds is 4. The molecule has 124 valence electrons. The summed E-state index contributed by atoms with van der Waals surface area (Å²) in [6, 6.07) is 0. The molecule has 2 aliphatic carbocycles. The lowest BCUT2D eigenvalue weighted by atomic mass is 9.97. The highest BCUT2D eigenvalue weighted by molar-refractivity contribution is 5.80. The van der Waals surface area contributed by atoms with Crippen LogP contribution in [0.5, 0.6) is 0 Å². The second-order valence-corrected chi connectivity index (χ2v) is 5.70. The summed E-state index contributed by atoms with van der Waals surface area (Å²) in [4.78, 5) is 41.7. The second kappa shape index (κ2) is 7.77. The lowest BCUT2D eigenvalue weighted by molar-refractivity contribution is -0.152. The smallest absolute Gasteiger partial charge is 0.307 e. The predicted octanol–water partition coefficient (Wildman–Crippen LogP) is 1.14. The standard InChI is InChI=1S/2C7H10O4/c8-6(9)4-1-2-5(3-4)7(10)11;8-6(9)4-2-1-3-5(4)7(10)11/h2*4-5H,1-3H2,(H,8,9)(H,10,11). The summed E-state index contributed by atoms with van der Waals surface area (Å²) in [5.41, 5.74) is 0. The summed E-state index contributed by atoms with van der Waals surface area (Å²) in [5, 5.41) is 34.2. The Labute approximate surface area is 126 Å². The number of hydrogen-bond acceptors (Lipinski definition) is 4. The van der Waals surface area contributed by atoms with Crippen molar-refractivity contribution < 1.29 is 39.6 Å². The topological polar surface area (TPSA) is 149 Å². The highest BCUT2D eigenvalue weighted by atomic mass is 16.4. The van der Waals surface area contributed by atoms with Crippen molar-refractivity contribution in [3.63, 3.8) is 0 Å². The highest BCUT2D eigenvalue weighted by Gasteiger charge is 2.37. The third kappa shape index (κ3) is 4.71. The van der Waals surface area contributed by atoms with Crippen molar-refractivity contribution in [3.8, 4) is 0 Å². The zero-order valence-electron chi connectivity index (χ0n) is 12.0. The summed E-state index contributed by atoms with van der Waals surface area (Å²) in [6.07, 6.45) is 3.04. The van der Waals surface area contributed by atoms with Crippen LogP contribution in [0, 0.1) is 23.7 Å². The van der Waals surface area contributed by atoms with Gasteiger partial charge in [0.25, 0.3) is 0 Å². The molecule has 0 aliphatic heterocycles. The molecule has 2 saturated carbocycles. The van der Waals surface area contributed by atoms with Gasteiger partial charge in [-0.3, -0.25) is 19.2 Å². The van der Waals surface area contributed by atoms with Crippen molar-refractivity contribution in [2.45, 2.75) is 38.5 Å². The molecule has 0 amide bonds. The largest absolute Gasteiger partial charge is 0.481 e. The molecule has 0 saturated heterocycles. The number of hydrogen-bond donors (Lipinski definition) is 4. The van der Waals surface area contributed by atoms with Crippen LogP contribution in [0.1, 0.15) is 38.5 Å². The minimum Gasteiger partial charge on any atom is -0.481 e. The van der Waals surface area contributed by atoms with Gasteiger partial charge in [0.15, 0.2) is 0 Å². The molecular weight excluding hydrogens is 296 g/mol. The summed E-state index contributed by atoms with van der Waals surface area (Å²) in [5.74, 6) is -5.88. The van der Waals surface area contributed by atoms with E-state index >= 15 is 0 Å². The number of carboxylic acids is 4. The van der Waals surface area contributed by atoms with Crippen molar-refractivity contribution in [2.24, 2.45) is 23.7 Å². The van der Waals surface area contributed by atoms with Crippen molar-refractivity contribution in [1.29, 1.82) is 0 Å². The molecule has 0 spiro atoms. The molecule has 4 unspecified atom stereocenters. The van der Waals surface area contributed by atoms with Gasteiger partial charge in [-0.25, -0.2) is 0 Å². The second-order valence-electron chi connectivity index (χ2n) is 5.70. The number of carbonyl (C=O) groups is 4. The van der Waals surface area contributed by atoms with E-state index in [1.807, 2.05) is 0 Å². The third-order valence-electron chi connectivity index (χ3n) is 4.28. The Bertz CT molecular complexity index is 418. The van der Waals surface area contributed by atoms with Crippen LogP contribution in [0.2, 0.25) is 0 Å². The first-order valence-electron chi connectivity index (χ1n) is 7.15. The van der Waals surface area contributed by atoms with Crippen LogP contribution in [-0.2, 0) is 19.2 Å². The maximum Gasteiger partial charge on any atom is 0.307 e. The molecule has 0 heterocycles. The highest BCUT2D eigenvalue weighted by Crippen LogP contribution is 2.32. The molecule has 8 nitrogen and oxygen atoms in total. The van der Waals surface area contributed by atoms with Crippen LogP contribution in [0.15, 0.2) is 0 Å². The van der Waals surface area contributed by atoms with E-state index in [1.165, 1.54) is 0 Å². The maximum absolute atomic E-state index is 10.5. The third-order valence-corrected chi connectivity index (χ3v) is 4.28. The first-order valence-corrected chi connectivity index (χ1v) is 7.15. The zero-order chi connectivity index (χ0) is 16.9.